The van der Waals surface area contributed by atoms with Crippen molar-refractivity contribution in [2.24, 2.45) is 0 Å². The van der Waals surface area contributed by atoms with E-state index in [0.717, 1.165) is 30.0 Å². The highest BCUT2D eigenvalue weighted by atomic mass is 19.1. The molecule has 1 N–H and O–H groups in total. The first-order chi connectivity index (χ1) is 17.2. The van der Waals surface area contributed by atoms with Crippen molar-refractivity contribution in [3.05, 3.63) is 115 Å². The van der Waals surface area contributed by atoms with Gasteiger partial charge in [0, 0.05) is 37.1 Å². The van der Waals surface area contributed by atoms with Crippen molar-refractivity contribution in [2.75, 3.05) is 26.3 Å². The Morgan fingerprint density at radius 2 is 2.14 bits per heavy atom. The van der Waals surface area contributed by atoms with Gasteiger partial charge < -0.3 is 14.4 Å². The monoisotopic (exact) mass is 474 g/mol. The van der Waals surface area contributed by atoms with Gasteiger partial charge in [-0.25, -0.2) is 14.8 Å². The number of nitrogens with zero attached hydrogens (tertiary/aromatic N) is 3. The van der Waals surface area contributed by atoms with E-state index in [2.05, 4.69) is 51.3 Å². The fourth-order valence-corrected chi connectivity index (χ4v) is 4.01. The lowest BCUT2D eigenvalue weighted by Crippen LogP contribution is -2.45. The van der Waals surface area contributed by atoms with Gasteiger partial charge in [-0.15, -0.1) is 0 Å². The molecule has 1 saturated heterocycles. The first-order valence-corrected chi connectivity index (χ1v) is 11.8. The van der Waals surface area contributed by atoms with Gasteiger partial charge in [0.15, 0.2) is 0 Å². The van der Waals surface area contributed by atoms with Crippen LogP contribution < -0.4 is 10.2 Å². The minimum Gasteiger partial charge on any atom is -0.439 e. The van der Waals surface area contributed by atoms with E-state index in [1.165, 1.54) is 12.1 Å². The molecule has 35 heavy (non-hydrogen) atoms. The van der Waals surface area contributed by atoms with Gasteiger partial charge in [0.2, 0.25) is 5.88 Å². The molecule has 2 aliphatic heterocycles. The fourth-order valence-electron chi connectivity index (χ4n) is 4.01. The molecule has 1 fully saturated rings. The summed E-state index contributed by atoms with van der Waals surface area (Å²) in [5.41, 5.74) is 5.60. The maximum Gasteiger partial charge on any atom is 0.222 e. The van der Waals surface area contributed by atoms with Crippen molar-refractivity contribution in [2.45, 2.75) is 19.4 Å². The van der Waals surface area contributed by atoms with E-state index in [1.807, 2.05) is 31.2 Å². The topological polar surface area (TPSA) is 49.9 Å². The molecule has 2 aromatic rings. The summed E-state index contributed by atoms with van der Waals surface area (Å²) >= 11 is 0. The average molecular weight is 475 g/mol. The van der Waals surface area contributed by atoms with Crippen molar-refractivity contribution in [1.82, 2.24) is 20.3 Å². The zero-order valence-electron chi connectivity index (χ0n) is 19.9. The first kappa shape index (κ1) is 24.4. The lowest BCUT2D eigenvalue weighted by atomic mass is 10.1. The van der Waals surface area contributed by atoms with Crippen LogP contribution in [0.15, 0.2) is 103 Å². The third-order valence-electron chi connectivity index (χ3n) is 5.68. The van der Waals surface area contributed by atoms with E-state index in [-0.39, 0.29) is 11.9 Å². The molecular formula is C28H31FN4O2. The van der Waals surface area contributed by atoms with Gasteiger partial charge in [-0.1, -0.05) is 43.0 Å². The van der Waals surface area contributed by atoms with Crippen LogP contribution in [0.5, 0.6) is 11.6 Å². The molecule has 1 atom stereocenters. The van der Waals surface area contributed by atoms with Crippen LogP contribution in [0.1, 0.15) is 12.5 Å². The summed E-state index contributed by atoms with van der Waals surface area (Å²) in [7, 11) is 0. The maximum atomic E-state index is 13.6. The Labute approximate surface area is 206 Å². The average Bonchev–Trinajstić information content (AvgIpc) is 3.36. The largest absolute Gasteiger partial charge is 0.439 e. The summed E-state index contributed by atoms with van der Waals surface area (Å²) in [4.78, 5) is 6.70. The standard InChI is InChI=1S/C28H31FN4O2/c1-3-7-22(8-4-2)26-14-16-33(31-26)27(32-17-19-34-20-18-32)13-12-23-9-6-15-30-28(23)35-25-11-5-10-24(29)21-25/h3-11,13-16,21,26,31H,1,12,17-20H2,2H3/b8-4-,22-7+,27-13-. The molecule has 4 rings (SSSR count). The zero-order valence-corrected chi connectivity index (χ0v) is 19.9. The van der Waals surface area contributed by atoms with E-state index in [0.29, 0.717) is 31.3 Å². The van der Waals surface area contributed by atoms with Crippen LogP contribution in [0.3, 0.4) is 0 Å². The summed E-state index contributed by atoms with van der Waals surface area (Å²) < 4.78 is 25.1. The van der Waals surface area contributed by atoms with E-state index in [4.69, 9.17) is 9.47 Å². The van der Waals surface area contributed by atoms with E-state index in [1.54, 1.807) is 24.4 Å². The normalized spacial score (nSPS) is 19.0. The van der Waals surface area contributed by atoms with Gasteiger partial charge in [-0.05, 0) is 49.3 Å². The van der Waals surface area contributed by atoms with Gasteiger partial charge in [0.1, 0.15) is 17.4 Å². The van der Waals surface area contributed by atoms with Crippen LogP contribution in [-0.4, -0.2) is 47.2 Å². The minimum absolute atomic E-state index is 0.0407. The number of aromatic nitrogens is 1. The first-order valence-electron chi connectivity index (χ1n) is 11.8. The number of morpholine rings is 1. The molecule has 6 nitrogen and oxygen atoms in total. The Hall–Kier alpha value is -3.68. The molecule has 182 valence electrons. The Balaban J connectivity index is 1.56. The number of rotatable bonds is 9. The highest BCUT2D eigenvalue weighted by molar-refractivity contribution is 5.36. The molecular weight excluding hydrogens is 443 g/mol. The molecule has 0 saturated carbocycles. The lowest BCUT2D eigenvalue weighted by Gasteiger charge is -2.36. The second kappa shape index (κ2) is 12.1. The summed E-state index contributed by atoms with van der Waals surface area (Å²) in [6, 6.07) is 9.97. The summed E-state index contributed by atoms with van der Waals surface area (Å²) in [6.07, 6.45) is 16.5. The minimum atomic E-state index is -0.348. The highest BCUT2D eigenvalue weighted by Crippen LogP contribution is 2.26. The number of hydrazine groups is 1. The van der Waals surface area contributed by atoms with Crippen LogP contribution in [0.25, 0.3) is 0 Å². The highest BCUT2D eigenvalue weighted by Gasteiger charge is 2.24. The lowest BCUT2D eigenvalue weighted by molar-refractivity contribution is 0.0381. The van der Waals surface area contributed by atoms with E-state index < -0.39 is 0 Å². The van der Waals surface area contributed by atoms with Crippen LogP contribution in [0.4, 0.5) is 4.39 Å². The molecule has 1 aromatic heterocycles. The summed E-state index contributed by atoms with van der Waals surface area (Å²) in [5.74, 6) is 1.56. The summed E-state index contributed by atoms with van der Waals surface area (Å²) in [6.45, 7) is 8.80. The van der Waals surface area contributed by atoms with Crippen LogP contribution in [-0.2, 0) is 11.2 Å². The molecule has 0 bridgehead atoms. The number of hydrogen-bond donors (Lipinski definition) is 1. The molecule has 0 spiro atoms. The molecule has 3 heterocycles. The van der Waals surface area contributed by atoms with Gasteiger partial charge >= 0.3 is 0 Å². The molecule has 1 aromatic carbocycles. The Kier molecular flexibility index (Phi) is 8.48. The van der Waals surface area contributed by atoms with Gasteiger partial charge in [0.05, 0.1) is 19.3 Å². The number of benzene rings is 1. The third kappa shape index (κ3) is 6.47. The number of halogens is 1. The van der Waals surface area contributed by atoms with Crippen molar-refractivity contribution in [3.8, 4) is 11.6 Å². The summed E-state index contributed by atoms with van der Waals surface area (Å²) in [5, 5.41) is 2.06. The van der Waals surface area contributed by atoms with Gasteiger partial charge in [0.25, 0.3) is 0 Å². The molecule has 0 aliphatic carbocycles. The molecule has 2 aliphatic rings. The molecule has 1 unspecified atom stereocenters. The molecule has 0 amide bonds. The van der Waals surface area contributed by atoms with Gasteiger partial charge in [-0.2, -0.15) is 0 Å². The predicted octanol–water partition coefficient (Wildman–Crippen LogP) is 5.12. The number of hydrogen-bond acceptors (Lipinski definition) is 6. The van der Waals surface area contributed by atoms with Crippen molar-refractivity contribution in [1.29, 1.82) is 0 Å². The smallest absolute Gasteiger partial charge is 0.222 e. The molecule has 0 radical (unpaired) electrons. The third-order valence-corrected chi connectivity index (χ3v) is 5.68. The Bertz CT molecular complexity index is 1140. The van der Waals surface area contributed by atoms with Crippen molar-refractivity contribution < 1.29 is 13.9 Å². The van der Waals surface area contributed by atoms with E-state index >= 15 is 0 Å². The Morgan fingerprint density at radius 3 is 2.91 bits per heavy atom. The van der Waals surface area contributed by atoms with E-state index in [9.17, 15) is 4.39 Å². The quantitative estimate of drug-likeness (QED) is 0.509. The number of allylic oxidation sites excluding steroid dienone is 4. The SMILES string of the molecule is C=C/C=C(\C=C/C)C1C=CN(/C(=C\Cc2cccnc2Oc2cccc(F)c2)N2CCOCC2)N1. The molecule has 7 heteroatoms. The van der Waals surface area contributed by atoms with Crippen LogP contribution in [0, 0.1) is 5.82 Å². The second-order valence-corrected chi connectivity index (χ2v) is 8.11. The second-order valence-electron chi connectivity index (χ2n) is 8.11. The number of pyridine rings is 1. The Morgan fingerprint density at radius 1 is 1.29 bits per heavy atom. The fraction of sp³-hybridized carbons (Fsp3) is 0.250. The number of nitrogens with one attached hydrogen (secondary N) is 1. The predicted molar refractivity (Wildman–Crippen MR) is 136 cm³/mol. The van der Waals surface area contributed by atoms with Crippen LogP contribution >= 0.6 is 0 Å². The van der Waals surface area contributed by atoms with Crippen molar-refractivity contribution in [3.63, 3.8) is 0 Å². The van der Waals surface area contributed by atoms with Gasteiger partial charge in [-0.3, -0.25) is 5.01 Å². The van der Waals surface area contributed by atoms with Crippen molar-refractivity contribution >= 4 is 0 Å². The number of ether oxygens (including phenoxy) is 2. The maximum absolute atomic E-state index is 13.6. The van der Waals surface area contributed by atoms with Crippen LogP contribution in [0.2, 0.25) is 0 Å². The zero-order chi connectivity index (χ0) is 24.5.